The fraction of sp³-hybridized carbons (Fsp3) is 0.316. The summed E-state index contributed by atoms with van der Waals surface area (Å²) in [6.45, 7) is 5.62. The molecule has 6 heteroatoms. The molecule has 0 heterocycles. The Balaban J connectivity index is 0.00000312. The zero-order valence-corrected chi connectivity index (χ0v) is 15.6. The summed E-state index contributed by atoms with van der Waals surface area (Å²) in [6.07, 6.45) is 0. The van der Waals surface area contributed by atoms with E-state index in [0.717, 1.165) is 17.8 Å². The molecule has 0 bridgehead atoms. The van der Waals surface area contributed by atoms with Crippen LogP contribution in [0.3, 0.4) is 0 Å². The second-order valence-corrected chi connectivity index (χ2v) is 5.21. The van der Waals surface area contributed by atoms with E-state index in [0.29, 0.717) is 30.3 Å². The van der Waals surface area contributed by atoms with Crippen LogP contribution in [0, 0.1) is 0 Å². The average molecular weight is 365 g/mol. The normalized spacial score (nSPS) is 9.88. The molecule has 0 aliphatic carbocycles. The van der Waals surface area contributed by atoms with Gasteiger partial charge >= 0.3 is 0 Å². The van der Waals surface area contributed by atoms with Crippen LogP contribution >= 0.6 is 12.4 Å². The molecule has 0 aliphatic heterocycles. The molecule has 136 valence electrons. The number of carbonyl (C=O) groups is 1. The van der Waals surface area contributed by atoms with Gasteiger partial charge in [-0.15, -0.1) is 12.4 Å². The van der Waals surface area contributed by atoms with Gasteiger partial charge in [-0.25, -0.2) is 0 Å². The van der Waals surface area contributed by atoms with Crippen molar-refractivity contribution < 1.29 is 14.3 Å². The van der Waals surface area contributed by atoms with Gasteiger partial charge in [-0.3, -0.25) is 4.79 Å². The maximum Gasteiger partial charge on any atom is 0.255 e. The first-order chi connectivity index (χ1) is 11.7. The number of hydrogen-bond acceptors (Lipinski definition) is 4. The molecule has 5 nitrogen and oxygen atoms in total. The molecule has 0 saturated carbocycles. The topological polar surface area (TPSA) is 59.6 Å². The van der Waals surface area contributed by atoms with Crippen molar-refractivity contribution in [1.29, 1.82) is 0 Å². The van der Waals surface area contributed by atoms with Crippen molar-refractivity contribution in [3.05, 3.63) is 53.6 Å². The Morgan fingerprint density at radius 3 is 2.40 bits per heavy atom. The van der Waals surface area contributed by atoms with Gasteiger partial charge in [0.25, 0.3) is 5.91 Å². The summed E-state index contributed by atoms with van der Waals surface area (Å²) in [5, 5.41) is 6.01. The van der Waals surface area contributed by atoms with Crippen molar-refractivity contribution in [3.63, 3.8) is 0 Å². The number of anilines is 1. The number of halogens is 1. The van der Waals surface area contributed by atoms with Crippen LogP contribution in [-0.4, -0.2) is 26.2 Å². The third kappa shape index (κ3) is 5.96. The smallest absolute Gasteiger partial charge is 0.255 e. The van der Waals surface area contributed by atoms with Crippen LogP contribution in [0.4, 0.5) is 5.69 Å². The van der Waals surface area contributed by atoms with Crippen LogP contribution in [-0.2, 0) is 6.54 Å². The Hall–Kier alpha value is -2.24. The number of amides is 1. The Bertz CT molecular complexity index is 692. The van der Waals surface area contributed by atoms with Gasteiger partial charge in [-0.1, -0.05) is 12.1 Å². The molecular weight excluding hydrogens is 340 g/mol. The van der Waals surface area contributed by atoms with Crippen molar-refractivity contribution >= 4 is 24.0 Å². The fourth-order valence-electron chi connectivity index (χ4n) is 2.36. The lowest BCUT2D eigenvalue weighted by Crippen LogP contribution is -2.13. The molecule has 0 unspecified atom stereocenters. The van der Waals surface area contributed by atoms with E-state index in [1.807, 2.05) is 45.2 Å². The predicted octanol–water partition coefficient (Wildman–Crippen LogP) is 3.88. The first-order valence-corrected chi connectivity index (χ1v) is 8.12. The standard InChI is InChI=1S/C19H24N2O3.ClH/c1-4-23-17-10-9-15(12-18(17)24-5-2)19(22)21-16-8-6-7-14(11-16)13-20-3;/h6-12,20H,4-5,13H2,1-3H3,(H,21,22);1H. The molecule has 2 rings (SSSR count). The molecule has 0 radical (unpaired) electrons. The number of ether oxygens (including phenoxy) is 2. The number of benzene rings is 2. The van der Waals surface area contributed by atoms with Crippen LogP contribution in [0.25, 0.3) is 0 Å². The molecule has 1 amide bonds. The highest BCUT2D eigenvalue weighted by molar-refractivity contribution is 6.04. The SMILES string of the molecule is CCOc1ccc(C(=O)Nc2cccc(CNC)c2)cc1OCC.Cl. The summed E-state index contributed by atoms with van der Waals surface area (Å²) in [7, 11) is 1.89. The van der Waals surface area contributed by atoms with Gasteiger partial charge in [0.05, 0.1) is 13.2 Å². The Kier molecular flexibility index (Phi) is 8.81. The van der Waals surface area contributed by atoms with Gasteiger partial charge in [0.2, 0.25) is 0 Å². The Morgan fingerprint density at radius 2 is 1.72 bits per heavy atom. The van der Waals surface area contributed by atoms with E-state index in [4.69, 9.17) is 9.47 Å². The highest BCUT2D eigenvalue weighted by atomic mass is 35.5. The summed E-state index contributed by atoms with van der Waals surface area (Å²) in [5.74, 6) is 1.04. The minimum absolute atomic E-state index is 0. The highest BCUT2D eigenvalue weighted by Gasteiger charge is 2.12. The molecule has 0 aromatic heterocycles. The van der Waals surface area contributed by atoms with Gasteiger partial charge in [0.1, 0.15) is 0 Å². The monoisotopic (exact) mass is 364 g/mol. The van der Waals surface area contributed by atoms with Crippen molar-refractivity contribution in [1.82, 2.24) is 5.32 Å². The highest BCUT2D eigenvalue weighted by Crippen LogP contribution is 2.29. The Labute approximate surface area is 155 Å². The van der Waals surface area contributed by atoms with Gasteiger partial charge in [0.15, 0.2) is 11.5 Å². The van der Waals surface area contributed by atoms with Crippen LogP contribution in [0.1, 0.15) is 29.8 Å². The lowest BCUT2D eigenvalue weighted by Gasteiger charge is -2.13. The van der Waals surface area contributed by atoms with Crippen molar-refractivity contribution in [2.24, 2.45) is 0 Å². The lowest BCUT2D eigenvalue weighted by molar-refractivity contribution is 0.102. The minimum atomic E-state index is -0.180. The summed E-state index contributed by atoms with van der Waals surface area (Å²) in [4.78, 5) is 12.5. The van der Waals surface area contributed by atoms with Crippen molar-refractivity contribution in [2.45, 2.75) is 20.4 Å². The molecule has 0 spiro atoms. The average Bonchev–Trinajstić information content (AvgIpc) is 2.57. The van der Waals surface area contributed by atoms with E-state index >= 15 is 0 Å². The largest absolute Gasteiger partial charge is 0.490 e. The van der Waals surface area contributed by atoms with Crippen LogP contribution < -0.4 is 20.1 Å². The van der Waals surface area contributed by atoms with Gasteiger partial charge in [0, 0.05) is 17.8 Å². The second kappa shape index (κ2) is 10.6. The molecule has 0 saturated heterocycles. The van der Waals surface area contributed by atoms with E-state index in [1.54, 1.807) is 18.2 Å². The quantitative estimate of drug-likeness (QED) is 0.746. The molecule has 2 aromatic rings. The number of rotatable bonds is 8. The summed E-state index contributed by atoms with van der Waals surface area (Å²) >= 11 is 0. The molecule has 25 heavy (non-hydrogen) atoms. The molecule has 0 atom stereocenters. The van der Waals surface area contributed by atoms with Crippen LogP contribution in [0.2, 0.25) is 0 Å². The Morgan fingerprint density at radius 1 is 1.00 bits per heavy atom. The minimum Gasteiger partial charge on any atom is -0.490 e. The zero-order valence-electron chi connectivity index (χ0n) is 14.8. The van der Waals surface area contributed by atoms with Crippen LogP contribution in [0.15, 0.2) is 42.5 Å². The molecule has 0 fully saturated rings. The number of hydrogen-bond donors (Lipinski definition) is 2. The summed E-state index contributed by atoms with van der Waals surface area (Å²) in [5.41, 5.74) is 2.40. The third-order valence-corrected chi connectivity index (χ3v) is 3.37. The maximum absolute atomic E-state index is 12.5. The van der Waals surface area contributed by atoms with E-state index in [2.05, 4.69) is 10.6 Å². The van der Waals surface area contributed by atoms with Crippen molar-refractivity contribution in [3.8, 4) is 11.5 Å². The molecule has 2 N–H and O–H groups in total. The lowest BCUT2D eigenvalue weighted by atomic mass is 10.1. The number of carbonyl (C=O) groups excluding carboxylic acids is 1. The summed E-state index contributed by atoms with van der Waals surface area (Å²) in [6, 6.07) is 13.0. The fourth-order valence-corrected chi connectivity index (χ4v) is 2.36. The van der Waals surface area contributed by atoms with E-state index in [9.17, 15) is 4.79 Å². The van der Waals surface area contributed by atoms with E-state index in [-0.39, 0.29) is 18.3 Å². The zero-order chi connectivity index (χ0) is 17.4. The van der Waals surface area contributed by atoms with Gasteiger partial charge in [-0.05, 0) is 56.8 Å². The van der Waals surface area contributed by atoms with E-state index in [1.165, 1.54) is 0 Å². The predicted molar refractivity (Wildman–Crippen MR) is 103 cm³/mol. The first kappa shape index (κ1) is 20.8. The van der Waals surface area contributed by atoms with Gasteiger partial charge in [-0.2, -0.15) is 0 Å². The van der Waals surface area contributed by atoms with Crippen LogP contribution in [0.5, 0.6) is 11.5 Å². The van der Waals surface area contributed by atoms with E-state index < -0.39 is 0 Å². The maximum atomic E-state index is 12.5. The second-order valence-electron chi connectivity index (χ2n) is 5.21. The van der Waals surface area contributed by atoms with Crippen molar-refractivity contribution in [2.75, 3.05) is 25.6 Å². The first-order valence-electron chi connectivity index (χ1n) is 8.12. The van der Waals surface area contributed by atoms with Gasteiger partial charge < -0.3 is 20.1 Å². The summed E-state index contributed by atoms with van der Waals surface area (Å²) < 4.78 is 11.1. The molecule has 2 aromatic carbocycles. The number of nitrogens with one attached hydrogen (secondary N) is 2. The molecular formula is C19H25ClN2O3. The third-order valence-electron chi connectivity index (χ3n) is 3.37. The molecule has 0 aliphatic rings.